The third kappa shape index (κ3) is 7.23. The summed E-state index contributed by atoms with van der Waals surface area (Å²) in [6, 6.07) is 2.45. The van der Waals surface area contributed by atoms with Crippen LogP contribution < -0.4 is 10.6 Å². The molecular weight excluding hydrogens is 587 g/mol. The number of nitrogens with zero attached hydrogens (tertiary/aromatic N) is 2. The highest BCUT2D eigenvalue weighted by atomic mass is 19.1. The number of aliphatic carboxylic acids is 1. The van der Waals surface area contributed by atoms with Crippen molar-refractivity contribution in [2.24, 2.45) is 5.92 Å². The van der Waals surface area contributed by atoms with E-state index in [9.17, 15) is 33.5 Å². The molecule has 1 saturated heterocycles. The summed E-state index contributed by atoms with van der Waals surface area (Å²) in [7, 11) is 0. The Morgan fingerprint density at radius 3 is 2.62 bits per heavy atom. The number of halogens is 1. The Hall–Kier alpha value is -4.16. The number of nitrogens with one attached hydrogen (secondary N) is 2. The van der Waals surface area contributed by atoms with Gasteiger partial charge in [0.25, 0.3) is 0 Å². The Morgan fingerprint density at radius 2 is 1.91 bits per heavy atom. The fourth-order valence-electron chi connectivity index (χ4n) is 6.32. The summed E-state index contributed by atoms with van der Waals surface area (Å²) in [5.74, 6) is -3.20. The number of alkyl carbamates (subject to hydrolysis) is 1. The number of hydrogen-bond donors (Lipinski definition) is 3. The molecule has 0 radical (unpaired) electrons. The summed E-state index contributed by atoms with van der Waals surface area (Å²) in [6.45, 7) is 5.15. The first-order chi connectivity index (χ1) is 21.3. The maximum absolute atomic E-state index is 14.3. The minimum absolute atomic E-state index is 0.0258. The lowest BCUT2D eigenvalue weighted by atomic mass is 10.0. The van der Waals surface area contributed by atoms with Crippen molar-refractivity contribution >= 4 is 30.0 Å². The lowest BCUT2D eigenvalue weighted by molar-refractivity contribution is -0.145. The molecule has 4 amide bonds. The Bertz CT molecular complexity index is 1390. The smallest absolute Gasteiger partial charge is 0.410 e. The molecule has 0 unspecified atom stereocenters. The second-order valence-corrected chi connectivity index (χ2v) is 13.3. The zero-order valence-electron chi connectivity index (χ0n) is 25.8. The summed E-state index contributed by atoms with van der Waals surface area (Å²) < 4.78 is 25.4. The largest absolute Gasteiger partial charge is 0.479 e. The van der Waals surface area contributed by atoms with E-state index in [2.05, 4.69) is 10.6 Å². The van der Waals surface area contributed by atoms with E-state index in [1.54, 1.807) is 32.9 Å². The van der Waals surface area contributed by atoms with Gasteiger partial charge in [-0.05, 0) is 58.1 Å². The molecule has 3 N–H and O–H groups in total. The molecule has 3 aliphatic heterocycles. The molecule has 45 heavy (non-hydrogen) atoms. The molecule has 3 heterocycles. The van der Waals surface area contributed by atoms with Gasteiger partial charge in [0.2, 0.25) is 11.8 Å². The molecule has 12 nitrogen and oxygen atoms in total. The first kappa shape index (κ1) is 32.2. The Kier molecular flexibility index (Phi) is 9.09. The van der Waals surface area contributed by atoms with Crippen molar-refractivity contribution in [2.75, 3.05) is 6.54 Å². The number of carboxylic acids is 1. The summed E-state index contributed by atoms with van der Waals surface area (Å²) in [5.41, 5.74) is -1.22. The van der Waals surface area contributed by atoms with Gasteiger partial charge in [0, 0.05) is 24.4 Å². The lowest BCUT2D eigenvalue weighted by Gasteiger charge is -2.30. The topological polar surface area (TPSA) is 155 Å². The van der Waals surface area contributed by atoms with Gasteiger partial charge in [-0.2, -0.15) is 0 Å². The van der Waals surface area contributed by atoms with Crippen molar-refractivity contribution < 1.29 is 42.9 Å². The van der Waals surface area contributed by atoms with Gasteiger partial charge in [0.05, 0.1) is 13.1 Å². The van der Waals surface area contributed by atoms with E-state index in [1.807, 2.05) is 12.2 Å². The quantitative estimate of drug-likeness (QED) is 0.429. The number of amides is 4. The lowest BCUT2D eigenvalue weighted by Crippen LogP contribution is -2.56. The van der Waals surface area contributed by atoms with Crippen LogP contribution >= 0.6 is 0 Å². The second kappa shape index (κ2) is 12.7. The zero-order valence-corrected chi connectivity index (χ0v) is 25.8. The van der Waals surface area contributed by atoms with Crippen LogP contribution in [0.2, 0.25) is 0 Å². The number of fused-ring (bicyclic) bond motifs is 3. The van der Waals surface area contributed by atoms with E-state index in [-0.39, 0.29) is 44.8 Å². The van der Waals surface area contributed by atoms with Crippen molar-refractivity contribution in [3.63, 3.8) is 0 Å². The molecule has 5 rings (SSSR count). The van der Waals surface area contributed by atoms with Crippen LogP contribution in [0.25, 0.3) is 0 Å². The minimum Gasteiger partial charge on any atom is -0.479 e. The van der Waals surface area contributed by atoms with Crippen LogP contribution in [0.1, 0.15) is 76.8 Å². The molecule has 0 aromatic heterocycles. The molecule has 2 fully saturated rings. The van der Waals surface area contributed by atoms with Crippen molar-refractivity contribution in [1.82, 2.24) is 20.4 Å². The molecule has 13 heteroatoms. The third-order valence-corrected chi connectivity index (χ3v) is 8.76. The molecular formula is C32H41FN4O8. The molecule has 244 valence electrons. The van der Waals surface area contributed by atoms with Gasteiger partial charge in [-0.25, -0.2) is 18.8 Å². The molecule has 1 aromatic rings. The van der Waals surface area contributed by atoms with Gasteiger partial charge in [-0.15, -0.1) is 0 Å². The third-order valence-electron chi connectivity index (χ3n) is 8.76. The second-order valence-electron chi connectivity index (χ2n) is 13.3. The van der Waals surface area contributed by atoms with Gasteiger partial charge in [-0.1, -0.05) is 37.1 Å². The van der Waals surface area contributed by atoms with Crippen LogP contribution in [0.4, 0.5) is 14.0 Å². The Balaban J connectivity index is 1.37. The van der Waals surface area contributed by atoms with Gasteiger partial charge in [0.1, 0.15) is 35.1 Å². The van der Waals surface area contributed by atoms with Crippen LogP contribution in [0, 0.1) is 11.7 Å². The SMILES string of the molecule is CC(C)(C)OC(=O)N[C@H]1CCCCC/C=C\[C@H]2C[C@@]2(C(=O)O)NC(=O)[C@@H]2C[C@@H](OC(=O)N3Cc4cccc(F)c4C3)CN2C1=O. The number of rotatable bonds is 3. The Morgan fingerprint density at radius 1 is 1.13 bits per heavy atom. The first-order valence-corrected chi connectivity index (χ1v) is 15.5. The van der Waals surface area contributed by atoms with Gasteiger partial charge in [0.15, 0.2) is 0 Å². The highest BCUT2D eigenvalue weighted by Crippen LogP contribution is 2.45. The van der Waals surface area contributed by atoms with Crippen LogP contribution in [-0.4, -0.2) is 80.7 Å². The first-order valence-electron chi connectivity index (χ1n) is 15.5. The number of benzene rings is 1. The molecule has 4 aliphatic rings. The molecule has 1 aromatic carbocycles. The number of hydrogen-bond acceptors (Lipinski definition) is 7. The van der Waals surface area contributed by atoms with Crippen LogP contribution in [0.5, 0.6) is 0 Å². The summed E-state index contributed by atoms with van der Waals surface area (Å²) in [6.07, 6.45) is 4.66. The van der Waals surface area contributed by atoms with Crippen LogP contribution in [-0.2, 0) is 36.9 Å². The van der Waals surface area contributed by atoms with E-state index in [1.165, 1.54) is 15.9 Å². The van der Waals surface area contributed by atoms with E-state index in [4.69, 9.17) is 9.47 Å². The van der Waals surface area contributed by atoms with E-state index in [0.717, 1.165) is 19.3 Å². The molecule has 5 atom stereocenters. The van der Waals surface area contributed by atoms with Gasteiger partial charge >= 0.3 is 18.2 Å². The summed E-state index contributed by atoms with van der Waals surface area (Å²) in [5, 5.41) is 15.4. The minimum atomic E-state index is -1.49. The van der Waals surface area contributed by atoms with Crippen molar-refractivity contribution in [2.45, 2.75) is 108 Å². The molecule has 1 saturated carbocycles. The van der Waals surface area contributed by atoms with Gasteiger partial charge in [-0.3, -0.25) is 14.5 Å². The van der Waals surface area contributed by atoms with Crippen molar-refractivity contribution in [3.8, 4) is 0 Å². The predicted molar refractivity (Wildman–Crippen MR) is 158 cm³/mol. The number of carboxylic acid groups (broad SMARTS) is 1. The summed E-state index contributed by atoms with van der Waals surface area (Å²) in [4.78, 5) is 68.5. The standard InChI is InChI=1S/C32H41FN4O8/c1-31(2,3)45-29(42)34-24-13-8-6-4-5-7-11-20-15-32(20,28(40)41)35-26(38)25-14-21(17-37(25)27(24)39)44-30(43)36-16-19-10-9-12-23(33)22(19)18-36/h7,9-12,20-21,24-25H,4-6,8,13-18H2,1-3H3,(H,34,42)(H,35,38)(H,40,41)/b11-7-/t20-,21+,24-,25-,32+/m0/s1. The van der Waals surface area contributed by atoms with E-state index >= 15 is 0 Å². The van der Waals surface area contributed by atoms with Crippen molar-refractivity contribution in [1.29, 1.82) is 0 Å². The van der Waals surface area contributed by atoms with E-state index in [0.29, 0.717) is 17.5 Å². The maximum Gasteiger partial charge on any atom is 0.410 e. The molecule has 0 spiro atoms. The molecule has 1 aliphatic carbocycles. The number of allylic oxidation sites excluding steroid dienone is 1. The molecule has 0 bridgehead atoms. The van der Waals surface area contributed by atoms with Crippen LogP contribution in [0.3, 0.4) is 0 Å². The van der Waals surface area contributed by atoms with Crippen molar-refractivity contribution in [3.05, 3.63) is 47.3 Å². The number of ether oxygens (including phenoxy) is 2. The number of carbonyl (C=O) groups is 5. The van der Waals surface area contributed by atoms with Gasteiger partial charge < -0.3 is 30.1 Å². The van der Waals surface area contributed by atoms with Crippen LogP contribution in [0.15, 0.2) is 30.4 Å². The van der Waals surface area contributed by atoms with E-state index < -0.39 is 65.1 Å². The zero-order chi connectivity index (χ0) is 32.5. The predicted octanol–water partition coefficient (Wildman–Crippen LogP) is 3.62. The fraction of sp³-hybridized carbons (Fsp3) is 0.594. The average molecular weight is 629 g/mol. The monoisotopic (exact) mass is 628 g/mol. The highest BCUT2D eigenvalue weighted by molar-refractivity contribution is 5.96. The fourth-order valence-corrected chi connectivity index (χ4v) is 6.32. The average Bonchev–Trinajstić information content (AvgIpc) is 3.27. The normalized spacial score (nSPS) is 29.2. The summed E-state index contributed by atoms with van der Waals surface area (Å²) >= 11 is 0. The highest BCUT2D eigenvalue weighted by Gasteiger charge is 2.61. The number of carbonyl (C=O) groups excluding carboxylic acids is 4. The maximum atomic E-state index is 14.3. The Labute approximate surface area is 261 Å².